The number of aliphatic hydroxyl groups is 1. The third-order valence-electron chi connectivity index (χ3n) is 10.9. The first-order valence-corrected chi connectivity index (χ1v) is 14.9. The fourth-order valence-electron chi connectivity index (χ4n) is 8.08. The molecule has 6 atom stereocenters. The van der Waals surface area contributed by atoms with Crippen LogP contribution in [0.15, 0.2) is 35.5 Å². The predicted molar refractivity (Wildman–Crippen MR) is 158 cm³/mol. The molecule has 10 heteroatoms. The predicted octanol–water partition coefficient (Wildman–Crippen LogP) is 4.13. The molecule has 0 aromatic heterocycles. The summed E-state index contributed by atoms with van der Waals surface area (Å²) in [6.07, 6.45) is 1.50. The minimum atomic E-state index is -1.81. The number of aromatic hydroxyl groups is 1. The molecular weight excluding hydrogens is 568 g/mol. The molecule has 3 heterocycles. The van der Waals surface area contributed by atoms with Crippen molar-refractivity contribution in [2.24, 2.45) is 5.92 Å². The first kappa shape index (κ1) is 30.6. The van der Waals surface area contributed by atoms with Crippen molar-refractivity contribution in [2.45, 2.75) is 108 Å². The monoisotopic (exact) mass is 608 g/mol. The molecule has 1 saturated heterocycles. The van der Waals surface area contributed by atoms with Crippen LogP contribution < -0.4 is 9.47 Å². The maximum atomic E-state index is 14.8. The highest BCUT2D eigenvalue weighted by molar-refractivity contribution is 6.20. The van der Waals surface area contributed by atoms with Crippen LogP contribution in [0.5, 0.6) is 17.2 Å². The topological polar surface area (TPSA) is 149 Å². The van der Waals surface area contributed by atoms with Gasteiger partial charge in [0.1, 0.15) is 34.5 Å². The van der Waals surface area contributed by atoms with Gasteiger partial charge in [-0.25, -0.2) is 4.79 Å². The Kier molecular flexibility index (Phi) is 6.28. The van der Waals surface area contributed by atoms with Crippen molar-refractivity contribution in [2.75, 3.05) is 7.11 Å². The highest BCUT2D eigenvalue weighted by atomic mass is 16.6. The van der Waals surface area contributed by atoms with Crippen LogP contribution in [-0.2, 0) is 30.9 Å². The number of ether oxygens (including phenoxy) is 4. The molecule has 3 N–H and O–H groups in total. The van der Waals surface area contributed by atoms with Crippen LogP contribution in [-0.4, -0.2) is 74.6 Å². The van der Waals surface area contributed by atoms with Crippen molar-refractivity contribution in [3.8, 4) is 17.2 Å². The second kappa shape index (κ2) is 9.05. The fourth-order valence-corrected chi connectivity index (χ4v) is 8.08. The molecule has 1 aromatic rings. The Balaban J connectivity index is 1.69. The van der Waals surface area contributed by atoms with E-state index in [0.29, 0.717) is 16.9 Å². The number of hydrogen-bond donors (Lipinski definition) is 3. The maximum Gasteiger partial charge on any atom is 0.330 e. The zero-order chi connectivity index (χ0) is 32.5. The molecule has 236 valence electrons. The van der Waals surface area contributed by atoms with Crippen LogP contribution in [0.1, 0.15) is 82.8 Å². The van der Waals surface area contributed by atoms with E-state index in [4.69, 9.17) is 18.9 Å². The van der Waals surface area contributed by atoms with E-state index in [-0.39, 0.29) is 53.0 Å². The maximum absolute atomic E-state index is 14.8. The number of phenolic OH excluding ortho intramolecular Hbond substituents is 1. The average molecular weight is 609 g/mol. The summed E-state index contributed by atoms with van der Waals surface area (Å²) in [6, 6.07) is 0. The Labute approximate surface area is 256 Å². The summed E-state index contributed by atoms with van der Waals surface area (Å²) in [5.74, 6) is -2.64. The molecular formula is C34H40O10. The lowest BCUT2D eigenvalue weighted by Crippen LogP contribution is -2.77. The molecule has 7 rings (SSSR count). The highest BCUT2D eigenvalue weighted by Crippen LogP contribution is 2.70. The van der Waals surface area contributed by atoms with Crippen LogP contribution in [0, 0.1) is 5.92 Å². The summed E-state index contributed by atoms with van der Waals surface area (Å²) < 4.78 is 26.0. The van der Waals surface area contributed by atoms with Gasteiger partial charge < -0.3 is 34.3 Å². The Bertz CT molecular complexity index is 1630. The number of fused-ring (bicyclic) bond motifs is 3. The number of rotatable bonds is 7. The smallest absolute Gasteiger partial charge is 0.330 e. The van der Waals surface area contributed by atoms with Gasteiger partial charge in [-0.15, -0.1) is 0 Å². The summed E-state index contributed by atoms with van der Waals surface area (Å²) in [7, 11) is 1.40. The second-order valence-corrected chi connectivity index (χ2v) is 14.1. The molecule has 10 nitrogen and oxygen atoms in total. The first-order valence-electron chi connectivity index (χ1n) is 14.9. The Morgan fingerprint density at radius 1 is 1.20 bits per heavy atom. The third-order valence-corrected chi connectivity index (χ3v) is 10.9. The van der Waals surface area contributed by atoms with Crippen molar-refractivity contribution >= 4 is 17.5 Å². The number of hydrogen-bond acceptors (Lipinski definition) is 9. The standard InChI is InChI=1S/C34H40O10/c1-15(2)20(35)12-18-24(36)22-25(37)19-13-32(41-9)14-21-31(7,8)44-33(29(32)40,11-10-16(3)28(38)39)34(19,21)43-27(22)23-26(18)42-17(4)30(23,5)6/h10,13,17,20-21,35-36H,1,11-12,14H2,2-9H3,(H,38,39)/t17-,20-,21-,32-,33-,34+/m1/s1. The van der Waals surface area contributed by atoms with Crippen molar-refractivity contribution in [3.05, 3.63) is 52.1 Å². The van der Waals surface area contributed by atoms with Crippen LogP contribution >= 0.6 is 0 Å². The average Bonchev–Trinajstić information content (AvgIpc) is 3.27. The number of aliphatic hydroxyl groups excluding tert-OH is 1. The number of ketones is 2. The van der Waals surface area contributed by atoms with Gasteiger partial charge in [-0.3, -0.25) is 9.59 Å². The van der Waals surface area contributed by atoms with Gasteiger partial charge in [0.05, 0.1) is 11.7 Å². The van der Waals surface area contributed by atoms with E-state index in [2.05, 4.69) is 6.58 Å². The summed E-state index contributed by atoms with van der Waals surface area (Å²) in [4.78, 5) is 41.2. The number of methoxy groups -OCH3 is 1. The fraction of sp³-hybridized carbons (Fsp3) is 0.559. The summed E-state index contributed by atoms with van der Waals surface area (Å²) in [6.45, 7) is 16.4. The molecule has 1 saturated carbocycles. The van der Waals surface area contributed by atoms with Gasteiger partial charge in [-0.1, -0.05) is 32.1 Å². The molecule has 6 aliphatic rings. The van der Waals surface area contributed by atoms with E-state index >= 15 is 0 Å². The highest BCUT2D eigenvalue weighted by Gasteiger charge is 2.84. The van der Waals surface area contributed by atoms with E-state index in [1.807, 2.05) is 34.6 Å². The normalized spacial score (nSPS) is 34.4. The summed E-state index contributed by atoms with van der Waals surface area (Å²) in [5, 5.41) is 32.2. The molecule has 2 fully saturated rings. The zero-order valence-corrected chi connectivity index (χ0v) is 26.4. The summed E-state index contributed by atoms with van der Waals surface area (Å²) in [5.41, 5.74) is -5.32. The second-order valence-electron chi connectivity index (χ2n) is 14.1. The summed E-state index contributed by atoms with van der Waals surface area (Å²) >= 11 is 0. The van der Waals surface area contributed by atoms with E-state index in [1.165, 1.54) is 26.2 Å². The van der Waals surface area contributed by atoms with Crippen LogP contribution in [0.25, 0.3) is 0 Å². The number of benzene rings is 1. The molecule has 1 aromatic carbocycles. The van der Waals surface area contributed by atoms with Crippen molar-refractivity contribution in [1.29, 1.82) is 0 Å². The van der Waals surface area contributed by atoms with Crippen molar-refractivity contribution < 1.29 is 48.7 Å². The largest absolute Gasteiger partial charge is 0.507 e. The molecule has 0 unspecified atom stereocenters. The molecule has 1 spiro atoms. The number of carbonyl (C=O) groups excluding carboxylic acids is 2. The van der Waals surface area contributed by atoms with Gasteiger partial charge in [0.25, 0.3) is 0 Å². The van der Waals surface area contributed by atoms with E-state index in [1.54, 1.807) is 6.92 Å². The quantitative estimate of drug-likeness (QED) is 0.305. The van der Waals surface area contributed by atoms with Gasteiger partial charge >= 0.3 is 5.97 Å². The first-order chi connectivity index (χ1) is 20.3. The Hall–Kier alpha value is -3.47. The molecule has 3 aliphatic heterocycles. The lowest BCUT2D eigenvalue weighted by molar-refractivity contribution is -0.190. The Morgan fingerprint density at radius 3 is 2.45 bits per heavy atom. The van der Waals surface area contributed by atoms with E-state index in [9.17, 15) is 29.7 Å². The number of aliphatic carboxylic acids is 1. The van der Waals surface area contributed by atoms with E-state index < -0.39 is 63.5 Å². The molecule has 0 radical (unpaired) electrons. The minimum absolute atomic E-state index is 0.0111. The Morgan fingerprint density at radius 2 is 1.86 bits per heavy atom. The lowest BCUT2D eigenvalue weighted by atomic mass is 9.49. The number of carboxylic acid groups (broad SMARTS) is 1. The van der Waals surface area contributed by atoms with Crippen LogP contribution in [0.2, 0.25) is 0 Å². The lowest BCUT2D eigenvalue weighted by Gasteiger charge is -2.59. The SMILES string of the molecule is C=C(C)[C@H](O)Cc1c(O)c2c(c3c1O[C@H](C)C3(C)C)O[C@@]13C(=C[C@@]4(OC)C[C@@H]1C(C)(C)O[C@]3(CC=C(C)C(=O)O)C4=O)C2=O. The number of carboxylic acids is 1. The minimum Gasteiger partial charge on any atom is -0.507 e. The van der Waals surface area contributed by atoms with Crippen molar-refractivity contribution in [3.63, 3.8) is 0 Å². The molecule has 0 amide bonds. The van der Waals surface area contributed by atoms with Crippen LogP contribution in [0.4, 0.5) is 0 Å². The van der Waals surface area contributed by atoms with Gasteiger partial charge in [-0.05, 0) is 47.1 Å². The van der Waals surface area contributed by atoms with Gasteiger partial charge in [-0.2, -0.15) is 0 Å². The third kappa shape index (κ3) is 3.44. The van der Waals surface area contributed by atoms with Gasteiger partial charge in [0, 0.05) is 53.6 Å². The van der Waals surface area contributed by atoms with Gasteiger partial charge in [0.15, 0.2) is 17.0 Å². The molecule has 4 bridgehead atoms. The number of phenols is 1. The molecule has 44 heavy (non-hydrogen) atoms. The number of carbonyl (C=O) groups is 3. The number of Topliss-reactive ketones (excluding diaryl/α,β-unsaturated/α-hetero) is 2. The van der Waals surface area contributed by atoms with Gasteiger partial charge in [0.2, 0.25) is 5.78 Å². The van der Waals surface area contributed by atoms with Crippen molar-refractivity contribution in [1.82, 2.24) is 0 Å². The zero-order valence-electron chi connectivity index (χ0n) is 26.4. The van der Waals surface area contributed by atoms with Crippen LogP contribution in [0.3, 0.4) is 0 Å². The molecule has 3 aliphatic carbocycles. The van der Waals surface area contributed by atoms with E-state index in [0.717, 1.165) is 0 Å².